The third-order valence-electron chi connectivity index (χ3n) is 11.5. The number of benzene rings is 2. The Bertz CT molecular complexity index is 1560. The Balaban J connectivity index is 1.12. The molecule has 6 aliphatic rings. The fourth-order valence-electron chi connectivity index (χ4n) is 8.98. The van der Waals surface area contributed by atoms with Crippen molar-refractivity contribution in [1.82, 2.24) is 4.90 Å². The van der Waals surface area contributed by atoms with Crippen LogP contribution >= 0.6 is 0 Å². The maximum atomic E-state index is 12.8. The van der Waals surface area contributed by atoms with Gasteiger partial charge in [-0.3, -0.25) is 9.59 Å². The highest BCUT2D eigenvalue weighted by Gasteiger charge is 2.58. The van der Waals surface area contributed by atoms with Gasteiger partial charge in [-0.1, -0.05) is 43.3 Å². The molecule has 0 radical (unpaired) electrons. The van der Waals surface area contributed by atoms with Gasteiger partial charge in [0.05, 0.1) is 36.3 Å². The summed E-state index contributed by atoms with van der Waals surface area (Å²) >= 11 is 0. The smallest absolute Gasteiger partial charge is 0.272 e. The maximum Gasteiger partial charge on any atom is 0.272 e. The van der Waals surface area contributed by atoms with Gasteiger partial charge in [-0.15, -0.1) is 0 Å². The van der Waals surface area contributed by atoms with E-state index in [9.17, 15) is 24.6 Å². The molecule has 10 heteroatoms. The van der Waals surface area contributed by atoms with E-state index in [2.05, 4.69) is 24.3 Å². The number of nitrogens with zero attached hydrogens (tertiary/aromatic N) is 3. The average Bonchev–Trinajstić information content (AvgIpc) is 3.45. The van der Waals surface area contributed by atoms with Gasteiger partial charge in [-0.25, -0.2) is 0 Å². The number of carboxylic acids is 1. The van der Waals surface area contributed by atoms with E-state index in [1.54, 1.807) is 6.92 Å². The zero-order valence-electron chi connectivity index (χ0n) is 25.4. The molecule has 3 N–H and O–H groups in total. The third kappa shape index (κ3) is 4.37. The van der Waals surface area contributed by atoms with Crippen molar-refractivity contribution in [3.05, 3.63) is 64.9 Å². The van der Waals surface area contributed by atoms with Crippen LogP contribution in [0.15, 0.2) is 53.7 Å². The molecule has 4 fully saturated rings. The Hall–Kier alpha value is -3.73. The summed E-state index contributed by atoms with van der Waals surface area (Å²) in [6, 6.07) is 14.2. The van der Waals surface area contributed by atoms with Crippen molar-refractivity contribution in [3.63, 3.8) is 0 Å². The molecule has 10 nitrogen and oxygen atoms in total. The van der Waals surface area contributed by atoms with Crippen LogP contribution in [0, 0.1) is 11.8 Å². The molecule has 0 saturated carbocycles. The van der Waals surface area contributed by atoms with Crippen LogP contribution in [0.25, 0.3) is 11.1 Å². The molecule has 4 unspecified atom stereocenters. The number of fused-ring (bicyclic) bond motifs is 7. The lowest BCUT2D eigenvalue weighted by atomic mass is 9.78. The Kier molecular flexibility index (Phi) is 6.87. The van der Waals surface area contributed by atoms with Gasteiger partial charge in [0.15, 0.2) is 6.54 Å². The Morgan fingerprint density at radius 3 is 2.36 bits per heavy atom. The molecule has 4 saturated heterocycles. The normalized spacial score (nSPS) is 32.2. The Morgan fingerprint density at radius 1 is 1.05 bits per heavy atom. The lowest BCUT2D eigenvalue weighted by Gasteiger charge is -2.55. The van der Waals surface area contributed by atoms with E-state index in [-0.39, 0.29) is 36.0 Å². The van der Waals surface area contributed by atoms with Crippen LogP contribution in [0.2, 0.25) is 0 Å². The summed E-state index contributed by atoms with van der Waals surface area (Å²) in [7, 11) is 0. The van der Waals surface area contributed by atoms with Gasteiger partial charge in [-0.05, 0) is 35.3 Å². The number of aliphatic hydroxyl groups excluding tert-OH is 1. The highest BCUT2D eigenvalue weighted by molar-refractivity contribution is 5.99. The quantitative estimate of drug-likeness (QED) is 0.302. The highest BCUT2D eigenvalue weighted by Crippen LogP contribution is 2.51. The van der Waals surface area contributed by atoms with Gasteiger partial charge in [-0.2, -0.15) is 0 Å². The number of aliphatic hydroxyl groups is 1. The number of primary amides is 1. The molecule has 2 bridgehead atoms. The molecule has 1 aliphatic carbocycles. The number of β-lactam (4-membered cyclic amide) rings is 1. The van der Waals surface area contributed by atoms with Crippen LogP contribution in [-0.2, 0) is 14.4 Å². The number of hydrogen-bond acceptors (Lipinski definition) is 6. The van der Waals surface area contributed by atoms with E-state index in [1.165, 1.54) is 16.0 Å². The Morgan fingerprint density at radius 2 is 1.70 bits per heavy atom. The first-order valence-corrected chi connectivity index (χ1v) is 15.8. The topological polar surface area (TPSA) is 133 Å². The van der Waals surface area contributed by atoms with Gasteiger partial charge >= 0.3 is 0 Å². The molecule has 0 spiro atoms. The number of carboxylic acid groups (broad SMARTS) is 1. The molecule has 44 heavy (non-hydrogen) atoms. The molecule has 2 aromatic rings. The van der Waals surface area contributed by atoms with E-state index in [0.29, 0.717) is 17.9 Å². The molecule has 5 heterocycles. The van der Waals surface area contributed by atoms with Gasteiger partial charge in [0.25, 0.3) is 5.91 Å². The fourth-order valence-corrected chi connectivity index (χ4v) is 8.98. The van der Waals surface area contributed by atoms with Crippen molar-refractivity contribution in [2.24, 2.45) is 17.6 Å². The summed E-state index contributed by atoms with van der Waals surface area (Å²) in [5.41, 5.74) is 10.7. The second kappa shape index (κ2) is 10.4. The number of nitrogens with two attached hydrogens (primary N) is 1. The molecule has 232 valence electrons. The van der Waals surface area contributed by atoms with E-state index < -0.39 is 24.0 Å². The first-order valence-electron chi connectivity index (χ1n) is 15.8. The number of piperazine rings is 3. The number of amides is 2. The number of ether oxygens (including phenoxy) is 1. The SMILES string of the molecule is CC(O)C1C(=O)N2C(C(=O)[O-])=C(COc3cccc4c3-c3ccccc3C4CC[N+]34CC[N+](CC(N)=O)(CC3)CC4)[C@H](C)C12. The van der Waals surface area contributed by atoms with Crippen LogP contribution in [0.5, 0.6) is 5.75 Å². The van der Waals surface area contributed by atoms with Crippen molar-refractivity contribution in [1.29, 1.82) is 0 Å². The molecule has 8 rings (SSSR count). The predicted octanol–water partition coefficient (Wildman–Crippen LogP) is 0.575. The van der Waals surface area contributed by atoms with Crippen molar-refractivity contribution in [2.75, 3.05) is 59.0 Å². The minimum atomic E-state index is -1.40. The largest absolute Gasteiger partial charge is 0.543 e. The van der Waals surface area contributed by atoms with Crippen molar-refractivity contribution in [3.8, 4) is 16.9 Å². The number of carbonyl (C=O) groups is 3. The zero-order valence-corrected chi connectivity index (χ0v) is 25.4. The van der Waals surface area contributed by atoms with Crippen molar-refractivity contribution in [2.45, 2.75) is 38.3 Å². The number of hydrogen-bond donors (Lipinski definition) is 2. The number of carbonyl (C=O) groups excluding carboxylic acids is 3. The number of quaternary nitrogens is 2. The lowest BCUT2D eigenvalue weighted by Crippen LogP contribution is -2.76. The number of rotatable bonds is 10. The first-order chi connectivity index (χ1) is 21.0. The second-order valence-electron chi connectivity index (χ2n) is 13.7. The summed E-state index contributed by atoms with van der Waals surface area (Å²) in [6.45, 7) is 11.2. The lowest BCUT2D eigenvalue weighted by molar-refractivity contribution is -1.08. The average molecular weight is 602 g/mol. The van der Waals surface area contributed by atoms with E-state index >= 15 is 0 Å². The first kappa shape index (κ1) is 29.0. The van der Waals surface area contributed by atoms with E-state index in [0.717, 1.165) is 72.3 Å². The molecule has 2 amide bonds. The summed E-state index contributed by atoms with van der Waals surface area (Å²) in [4.78, 5) is 37.9. The van der Waals surface area contributed by atoms with Crippen LogP contribution < -0.4 is 15.6 Å². The minimum absolute atomic E-state index is 0.0197. The summed E-state index contributed by atoms with van der Waals surface area (Å²) < 4.78 is 8.36. The molecular formula is C34H41N4O6+. The van der Waals surface area contributed by atoms with Crippen molar-refractivity contribution < 1.29 is 38.3 Å². The predicted molar refractivity (Wildman–Crippen MR) is 159 cm³/mol. The standard InChI is InChI=1S/C34H40N4O6/c1-20-26(32(34(42)43)36-31(20)29(21(2)39)33(36)41)19-44-27-9-5-8-25-23(22-6-3-4-7-24(22)30(25)27)10-11-37-12-15-38(16-13-37,17-14-37)18-28(35)40/h3-9,20-21,23,29,31,39H,10-19H2,1-2H3,(H-2,35,40,42,43)/p+1/t20-,21?,23?,29?,31?,37?,38?/m0/s1. The fraction of sp³-hybridized carbons (Fsp3) is 0.500. The highest BCUT2D eigenvalue weighted by atomic mass is 16.5. The zero-order chi connectivity index (χ0) is 31.0. The Labute approximate surface area is 257 Å². The molecule has 0 aromatic heterocycles. The van der Waals surface area contributed by atoms with Gasteiger partial charge in [0.2, 0.25) is 5.91 Å². The van der Waals surface area contributed by atoms with Crippen LogP contribution in [0.3, 0.4) is 0 Å². The van der Waals surface area contributed by atoms with Crippen LogP contribution in [0.1, 0.15) is 37.3 Å². The second-order valence-corrected chi connectivity index (χ2v) is 13.7. The minimum Gasteiger partial charge on any atom is -0.543 e. The monoisotopic (exact) mass is 601 g/mol. The van der Waals surface area contributed by atoms with Gasteiger partial charge < -0.3 is 39.3 Å². The molecular weight excluding hydrogens is 560 g/mol. The molecule has 5 aliphatic heterocycles. The van der Waals surface area contributed by atoms with Crippen LogP contribution in [0.4, 0.5) is 0 Å². The van der Waals surface area contributed by atoms with Crippen molar-refractivity contribution >= 4 is 17.8 Å². The van der Waals surface area contributed by atoms with E-state index in [4.69, 9.17) is 10.5 Å². The summed E-state index contributed by atoms with van der Waals surface area (Å²) in [6.07, 6.45) is 0.136. The molecule has 5 atom stereocenters. The third-order valence-corrected chi connectivity index (χ3v) is 11.5. The number of aliphatic carboxylic acids is 1. The maximum absolute atomic E-state index is 12.8. The molecule has 2 aromatic carbocycles. The summed E-state index contributed by atoms with van der Waals surface area (Å²) in [5.74, 6) is -1.97. The van der Waals surface area contributed by atoms with Crippen LogP contribution in [-0.4, -0.2) is 108 Å². The van der Waals surface area contributed by atoms with Gasteiger partial charge in [0.1, 0.15) is 51.6 Å². The van der Waals surface area contributed by atoms with E-state index in [1.807, 2.05) is 25.1 Å². The van der Waals surface area contributed by atoms with Gasteiger partial charge in [0, 0.05) is 23.8 Å². The summed E-state index contributed by atoms with van der Waals surface area (Å²) in [5, 5.41) is 22.4.